The minimum Gasteiger partial charge on any atom is -0.381 e. The van der Waals surface area contributed by atoms with Gasteiger partial charge in [0.15, 0.2) is 11.6 Å². The molecule has 0 unspecified atom stereocenters. The van der Waals surface area contributed by atoms with Gasteiger partial charge in [-0.25, -0.2) is 9.37 Å². The Bertz CT molecular complexity index is 303. The van der Waals surface area contributed by atoms with Crippen molar-refractivity contribution in [3.05, 3.63) is 23.6 Å². The lowest BCUT2D eigenvalue weighted by molar-refractivity contribution is 0.107. The fraction of sp³-hybridized carbons (Fsp3) is 0. The lowest BCUT2D eigenvalue weighted by Gasteiger charge is -1.95. The van der Waals surface area contributed by atoms with Gasteiger partial charge in [0.05, 0.1) is 0 Å². The zero-order valence-corrected chi connectivity index (χ0v) is 6.10. The van der Waals surface area contributed by atoms with E-state index in [0.29, 0.717) is 0 Å². The Morgan fingerprint density at radius 1 is 1.64 bits per heavy atom. The van der Waals surface area contributed by atoms with Gasteiger partial charge in [0.25, 0.3) is 5.24 Å². The second kappa shape index (κ2) is 2.84. The number of nitrogens with two attached hydrogens (primary N) is 1. The standard InChI is InChI=1S/C6H4ClFN2O/c7-5(11)4-2-1-3(8)6(9)10-4/h1-2H,(H2,9,10). The predicted molar refractivity (Wildman–Crippen MR) is 38.8 cm³/mol. The Morgan fingerprint density at radius 3 is 2.73 bits per heavy atom. The molecule has 11 heavy (non-hydrogen) atoms. The smallest absolute Gasteiger partial charge is 0.270 e. The Labute approximate surface area is 67.0 Å². The third kappa shape index (κ3) is 1.65. The SMILES string of the molecule is Nc1nc(C(=O)Cl)ccc1F. The van der Waals surface area contributed by atoms with Crippen LogP contribution in [0.3, 0.4) is 0 Å². The lowest BCUT2D eigenvalue weighted by Crippen LogP contribution is -2.00. The number of carbonyl (C=O) groups is 1. The minimum atomic E-state index is -0.753. The molecule has 0 saturated carbocycles. The molecular formula is C6H4ClFN2O. The number of nitrogens with zero attached hydrogens (tertiary/aromatic N) is 1. The van der Waals surface area contributed by atoms with E-state index in [1.54, 1.807) is 0 Å². The van der Waals surface area contributed by atoms with Crippen LogP contribution in [0.2, 0.25) is 0 Å². The van der Waals surface area contributed by atoms with Crippen LogP contribution in [0.25, 0.3) is 0 Å². The average molecular weight is 175 g/mol. The van der Waals surface area contributed by atoms with Crippen molar-refractivity contribution in [2.75, 3.05) is 5.73 Å². The van der Waals surface area contributed by atoms with E-state index in [1.807, 2.05) is 0 Å². The van der Waals surface area contributed by atoms with Crippen molar-refractivity contribution in [2.45, 2.75) is 0 Å². The Morgan fingerprint density at radius 2 is 2.27 bits per heavy atom. The van der Waals surface area contributed by atoms with E-state index in [4.69, 9.17) is 17.3 Å². The van der Waals surface area contributed by atoms with Crippen LogP contribution in [0.15, 0.2) is 12.1 Å². The summed E-state index contributed by atoms with van der Waals surface area (Å²) in [5.74, 6) is -0.983. The molecule has 0 fully saturated rings. The summed E-state index contributed by atoms with van der Waals surface area (Å²) in [5, 5.41) is -0.753. The van der Waals surface area contributed by atoms with Crippen molar-refractivity contribution in [1.29, 1.82) is 0 Å². The molecule has 58 valence electrons. The number of anilines is 1. The maximum Gasteiger partial charge on any atom is 0.270 e. The molecule has 0 spiro atoms. The van der Waals surface area contributed by atoms with Crippen LogP contribution >= 0.6 is 11.6 Å². The molecule has 1 rings (SSSR count). The van der Waals surface area contributed by atoms with Crippen molar-refractivity contribution in [2.24, 2.45) is 0 Å². The van der Waals surface area contributed by atoms with Gasteiger partial charge in [0.2, 0.25) is 0 Å². The molecule has 1 aromatic rings. The first-order valence-electron chi connectivity index (χ1n) is 2.73. The number of nitrogen functional groups attached to an aromatic ring is 1. The summed E-state index contributed by atoms with van der Waals surface area (Å²) in [7, 11) is 0. The fourth-order valence-corrected chi connectivity index (χ4v) is 0.673. The number of halogens is 2. The van der Waals surface area contributed by atoms with Crippen molar-refractivity contribution in [3.63, 3.8) is 0 Å². The first kappa shape index (κ1) is 7.94. The van der Waals surface area contributed by atoms with Gasteiger partial charge < -0.3 is 5.73 Å². The highest BCUT2D eigenvalue weighted by molar-refractivity contribution is 6.67. The highest BCUT2D eigenvalue weighted by Crippen LogP contribution is 2.08. The Kier molecular flexibility index (Phi) is 2.05. The molecule has 0 aliphatic rings. The number of carbonyl (C=O) groups excluding carboxylic acids is 1. The molecule has 0 bridgehead atoms. The summed E-state index contributed by atoms with van der Waals surface area (Å²) >= 11 is 5.05. The van der Waals surface area contributed by atoms with E-state index < -0.39 is 11.1 Å². The summed E-state index contributed by atoms with van der Waals surface area (Å²) in [6, 6.07) is 2.21. The van der Waals surface area contributed by atoms with Gasteiger partial charge in [-0.15, -0.1) is 0 Å². The third-order valence-corrected chi connectivity index (χ3v) is 1.27. The van der Waals surface area contributed by atoms with Crippen LogP contribution < -0.4 is 5.73 Å². The molecule has 0 atom stereocenters. The van der Waals surface area contributed by atoms with Crippen molar-refractivity contribution >= 4 is 22.7 Å². The van der Waals surface area contributed by atoms with Crippen LogP contribution in [0, 0.1) is 5.82 Å². The monoisotopic (exact) mass is 174 g/mol. The molecule has 1 heterocycles. The zero-order valence-electron chi connectivity index (χ0n) is 5.34. The largest absolute Gasteiger partial charge is 0.381 e. The Hall–Kier alpha value is -1.16. The second-order valence-corrected chi connectivity index (χ2v) is 2.18. The molecule has 0 amide bonds. The van der Waals surface area contributed by atoms with Crippen LogP contribution in [0.1, 0.15) is 10.5 Å². The average Bonchev–Trinajstić information content (AvgIpc) is 1.94. The number of rotatable bonds is 1. The summed E-state index contributed by atoms with van der Waals surface area (Å²) < 4.78 is 12.4. The van der Waals surface area contributed by atoms with E-state index >= 15 is 0 Å². The number of hydrogen-bond acceptors (Lipinski definition) is 3. The van der Waals surface area contributed by atoms with Crippen LogP contribution in [0.4, 0.5) is 10.2 Å². The van der Waals surface area contributed by atoms with E-state index in [-0.39, 0.29) is 11.5 Å². The summed E-state index contributed by atoms with van der Waals surface area (Å²) in [6.45, 7) is 0. The first-order chi connectivity index (χ1) is 5.11. The molecule has 3 nitrogen and oxygen atoms in total. The van der Waals surface area contributed by atoms with Crippen LogP contribution in [-0.2, 0) is 0 Å². The maximum absolute atomic E-state index is 12.4. The Balaban J connectivity index is 3.15. The molecule has 0 aliphatic carbocycles. The van der Waals surface area contributed by atoms with Crippen LogP contribution in [-0.4, -0.2) is 10.2 Å². The topological polar surface area (TPSA) is 56.0 Å². The van der Waals surface area contributed by atoms with Gasteiger partial charge in [0.1, 0.15) is 5.69 Å². The summed E-state index contributed by atoms with van der Waals surface area (Å²) in [5.41, 5.74) is 5.01. The molecule has 0 aromatic carbocycles. The van der Waals surface area contributed by atoms with Crippen LogP contribution in [0.5, 0.6) is 0 Å². The van der Waals surface area contributed by atoms with E-state index in [1.165, 1.54) is 6.07 Å². The minimum absolute atomic E-state index is 0.0504. The predicted octanol–water partition coefficient (Wildman–Crippen LogP) is 1.18. The van der Waals surface area contributed by atoms with Crippen molar-refractivity contribution < 1.29 is 9.18 Å². The van der Waals surface area contributed by atoms with E-state index in [9.17, 15) is 9.18 Å². The van der Waals surface area contributed by atoms with Gasteiger partial charge in [-0.05, 0) is 23.7 Å². The van der Waals surface area contributed by atoms with Crippen molar-refractivity contribution in [3.8, 4) is 0 Å². The summed E-state index contributed by atoms with van der Waals surface area (Å²) in [4.78, 5) is 13.8. The lowest BCUT2D eigenvalue weighted by atomic mass is 10.3. The maximum atomic E-state index is 12.4. The highest BCUT2D eigenvalue weighted by atomic mass is 35.5. The second-order valence-electron chi connectivity index (χ2n) is 1.84. The molecule has 1 aromatic heterocycles. The van der Waals surface area contributed by atoms with Gasteiger partial charge in [-0.2, -0.15) is 0 Å². The molecule has 0 aliphatic heterocycles. The molecular weight excluding hydrogens is 171 g/mol. The normalized spacial score (nSPS) is 9.64. The van der Waals surface area contributed by atoms with Gasteiger partial charge in [-0.3, -0.25) is 4.79 Å². The molecule has 5 heteroatoms. The number of hydrogen-bond donors (Lipinski definition) is 1. The summed E-state index contributed by atoms with van der Waals surface area (Å²) in [6.07, 6.45) is 0. The molecule has 0 radical (unpaired) electrons. The third-order valence-electron chi connectivity index (χ3n) is 1.07. The fourth-order valence-electron chi connectivity index (χ4n) is 0.567. The highest BCUT2D eigenvalue weighted by Gasteiger charge is 2.05. The van der Waals surface area contributed by atoms with Crippen molar-refractivity contribution in [1.82, 2.24) is 4.98 Å². The quantitative estimate of drug-likeness (QED) is 0.651. The van der Waals surface area contributed by atoms with Gasteiger partial charge in [-0.1, -0.05) is 0 Å². The zero-order chi connectivity index (χ0) is 8.43. The van der Waals surface area contributed by atoms with Gasteiger partial charge in [0, 0.05) is 0 Å². The van der Waals surface area contributed by atoms with Gasteiger partial charge >= 0.3 is 0 Å². The molecule has 2 N–H and O–H groups in total. The van der Waals surface area contributed by atoms with E-state index in [0.717, 1.165) is 6.07 Å². The number of pyridine rings is 1. The number of aromatic nitrogens is 1. The first-order valence-corrected chi connectivity index (χ1v) is 3.11. The van der Waals surface area contributed by atoms with E-state index in [2.05, 4.69) is 4.98 Å². The molecule has 0 saturated heterocycles.